The number of aromatic nitrogens is 2. The van der Waals surface area contributed by atoms with Crippen molar-refractivity contribution in [1.29, 1.82) is 0 Å². The highest BCUT2D eigenvalue weighted by molar-refractivity contribution is 7.89. The number of carboxylic acid groups (broad SMARTS) is 1. The maximum Gasteiger partial charge on any atom is 0.321 e. The second kappa shape index (κ2) is 6.16. The van der Waals surface area contributed by atoms with Crippen LogP contribution in [-0.2, 0) is 21.4 Å². The molecular formula is C11H19N3O4S. The van der Waals surface area contributed by atoms with Gasteiger partial charge >= 0.3 is 5.97 Å². The van der Waals surface area contributed by atoms with Crippen LogP contribution in [-0.4, -0.2) is 35.3 Å². The zero-order valence-corrected chi connectivity index (χ0v) is 12.0. The lowest BCUT2D eigenvalue weighted by molar-refractivity contribution is -0.139. The molecule has 1 heterocycles. The average Bonchev–Trinajstić information content (AvgIpc) is 2.75. The van der Waals surface area contributed by atoms with E-state index in [1.807, 2.05) is 13.8 Å². The van der Waals surface area contributed by atoms with Crippen LogP contribution in [0.2, 0.25) is 0 Å². The third-order valence-electron chi connectivity index (χ3n) is 2.56. The monoisotopic (exact) mass is 289 g/mol. The van der Waals surface area contributed by atoms with Gasteiger partial charge in [-0.3, -0.25) is 9.48 Å². The van der Waals surface area contributed by atoms with Crippen molar-refractivity contribution in [2.24, 2.45) is 5.92 Å². The number of carbonyl (C=O) groups is 1. The standard InChI is InChI=1S/C11H19N3O4S/c1-4-14-10(5-6-12-14)19(17,18)13-9(11(15)16)7-8(2)3/h5-6,8-9,13H,4,7H2,1-3H3,(H,15,16)/t9-/m0/s1. The van der Waals surface area contributed by atoms with Crippen molar-refractivity contribution in [3.8, 4) is 0 Å². The van der Waals surface area contributed by atoms with E-state index >= 15 is 0 Å². The van der Waals surface area contributed by atoms with Gasteiger partial charge in [-0.25, -0.2) is 8.42 Å². The van der Waals surface area contributed by atoms with Crippen LogP contribution < -0.4 is 4.72 Å². The minimum absolute atomic E-state index is 0.0231. The van der Waals surface area contributed by atoms with Crippen molar-refractivity contribution >= 4 is 16.0 Å². The summed E-state index contributed by atoms with van der Waals surface area (Å²) in [6, 6.07) is 0.213. The van der Waals surface area contributed by atoms with Gasteiger partial charge in [0.15, 0.2) is 5.03 Å². The second-order valence-electron chi connectivity index (χ2n) is 4.63. The van der Waals surface area contributed by atoms with Gasteiger partial charge in [-0.1, -0.05) is 13.8 Å². The highest BCUT2D eigenvalue weighted by Crippen LogP contribution is 2.12. The Hall–Kier alpha value is -1.41. The van der Waals surface area contributed by atoms with Gasteiger partial charge in [-0.2, -0.15) is 9.82 Å². The number of aliphatic carboxylic acids is 1. The Bertz CT molecular complexity index is 536. The molecule has 1 rings (SSSR count). The minimum atomic E-state index is -3.88. The highest BCUT2D eigenvalue weighted by Gasteiger charge is 2.28. The molecule has 1 aromatic heterocycles. The van der Waals surface area contributed by atoms with Crippen LogP contribution in [0.15, 0.2) is 17.3 Å². The first-order chi connectivity index (χ1) is 8.77. The van der Waals surface area contributed by atoms with Crippen molar-refractivity contribution in [2.75, 3.05) is 0 Å². The maximum absolute atomic E-state index is 12.1. The van der Waals surface area contributed by atoms with E-state index < -0.39 is 22.0 Å². The summed E-state index contributed by atoms with van der Waals surface area (Å²) < 4.78 is 27.8. The van der Waals surface area contributed by atoms with E-state index in [2.05, 4.69) is 9.82 Å². The summed E-state index contributed by atoms with van der Waals surface area (Å²) in [4.78, 5) is 11.1. The normalized spacial score (nSPS) is 13.7. The Morgan fingerprint density at radius 2 is 2.16 bits per heavy atom. The predicted octanol–water partition coefficient (Wildman–Crippen LogP) is 0.681. The SMILES string of the molecule is CCn1nccc1S(=O)(=O)N[C@@H](CC(C)C)C(=O)O. The Balaban J connectivity index is 2.97. The summed E-state index contributed by atoms with van der Waals surface area (Å²) in [5.41, 5.74) is 0. The van der Waals surface area contributed by atoms with Crippen LogP contribution in [0.1, 0.15) is 27.2 Å². The molecule has 19 heavy (non-hydrogen) atoms. The summed E-state index contributed by atoms with van der Waals surface area (Å²) >= 11 is 0. The molecule has 0 saturated carbocycles. The van der Waals surface area contributed by atoms with Gasteiger partial charge in [0.2, 0.25) is 0 Å². The molecule has 0 aliphatic rings. The summed E-state index contributed by atoms with van der Waals surface area (Å²) in [7, 11) is -3.88. The Kier molecular flexibility index (Phi) is 5.07. The lowest BCUT2D eigenvalue weighted by Crippen LogP contribution is -2.42. The fraction of sp³-hybridized carbons (Fsp3) is 0.636. The van der Waals surface area contributed by atoms with Gasteiger partial charge in [0.1, 0.15) is 6.04 Å². The topological polar surface area (TPSA) is 101 Å². The Morgan fingerprint density at radius 1 is 1.53 bits per heavy atom. The number of rotatable bonds is 7. The molecule has 0 aliphatic carbocycles. The molecule has 0 aliphatic heterocycles. The van der Waals surface area contributed by atoms with Gasteiger partial charge in [-0.05, 0) is 25.3 Å². The van der Waals surface area contributed by atoms with Crippen LogP contribution in [0, 0.1) is 5.92 Å². The molecule has 1 aromatic rings. The first-order valence-electron chi connectivity index (χ1n) is 6.05. The molecule has 2 N–H and O–H groups in total. The third-order valence-corrected chi connectivity index (χ3v) is 4.05. The Labute approximate surface area is 112 Å². The van der Waals surface area contributed by atoms with E-state index in [-0.39, 0.29) is 17.4 Å². The molecule has 0 saturated heterocycles. The van der Waals surface area contributed by atoms with Crippen LogP contribution in [0.3, 0.4) is 0 Å². The first kappa shape index (κ1) is 15.6. The van der Waals surface area contributed by atoms with E-state index in [1.54, 1.807) is 6.92 Å². The highest BCUT2D eigenvalue weighted by atomic mass is 32.2. The summed E-state index contributed by atoms with van der Waals surface area (Å²) in [6.07, 6.45) is 1.60. The summed E-state index contributed by atoms with van der Waals surface area (Å²) in [5.74, 6) is -1.11. The van der Waals surface area contributed by atoms with E-state index in [0.29, 0.717) is 6.54 Å². The molecule has 0 spiro atoms. The zero-order chi connectivity index (χ0) is 14.6. The lowest BCUT2D eigenvalue weighted by Gasteiger charge is -2.16. The molecule has 0 unspecified atom stereocenters. The van der Waals surface area contributed by atoms with E-state index in [9.17, 15) is 13.2 Å². The maximum atomic E-state index is 12.1. The molecular weight excluding hydrogens is 270 g/mol. The number of hydrogen-bond acceptors (Lipinski definition) is 4. The van der Waals surface area contributed by atoms with Crippen molar-refractivity contribution < 1.29 is 18.3 Å². The van der Waals surface area contributed by atoms with Gasteiger partial charge in [0.25, 0.3) is 10.0 Å². The van der Waals surface area contributed by atoms with E-state index in [4.69, 9.17) is 5.11 Å². The lowest BCUT2D eigenvalue weighted by atomic mass is 10.1. The number of aryl methyl sites for hydroxylation is 1. The average molecular weight is 289 g/mol. The number of hydrogen-bond donors (Lipinski definition) is 2. The van der Waals surface area contributed by atoms with Crippen LogP contribution in [0.25, 0.3) is 0 Å². The molecule has 0 amide bonds. The van der Waals surface area contributed by atoms with Gasteiger partial charge in [0.05, 0.1) is 6.20 Å². The van der Waals surface area contributed by atoms with Crippen LogP contribution in [0.5, 0.6) is 0 Å². The molecule has 8 heteroatoms. The van der Waals surface area contributed by atoms with Crippen molar-refractivity contribution in [3.63, 3.8) is 0 Å². The molecule has 0 aromatic carbocycles. The summed E-state index contributed by atoms with van der Waals surface area (Å²) in [5, 5.41) is 12.9. The fourth-order valence-corrected chi connectivity index (χ4v) is 3.09. The first-order valence-corrected chi connectivity index (χ1v) is 7.53. The number of nitrogens with zero attached hydrogens (tertiary/aromatic N) is 2. The fourth-order valence-electron chi connectivity index (χ4n) is 1.70. The van der Waals surface area contributed by atoms with Gasteiger partial charge in [-0.15, -0.1) is 0 Å². The number of sulfonamides is 1. The summed E-state index contributed by atoms with van der Waals surface area (Å²) in [6.45, 7) is 5.82. The molecule has 7 nitrogen and oxygen atoms in total. The molecule has 0 bridgehead atoms. The zero-order valence-electron chi connectivity index (χ0n) is 11.2. The predicted molar refractivity (Wildman–Crippen MR) is 69.1 cm³/mol. The quantitative estimate of drug-likeness (QED) is 0.768. The second-order valence-corrected chi connectivity index (χ2v) is 6.29. The van der Waals surface area contributed by atoms with Crippen LogP contribution >= 0.6 is 0 Å². The van der Waals surface area contributed by atoms with Crippen molar-refractivity contribution in [3.05, 3.63) is 12.3 Å². The van der Waals surface area contributed by atoms with Gasteiger partial charge < -0.3 is 5.11 Å². The third kappa shape index (κ3) is 4.03. The molecule has 0 fully saturated rings. The van der Waals surface area contributed by atoms with Crippen molar-refractivity contribution in [1.82, 2.24) is 14.5 Å². The van der Waals surface area contributed by atoms with Gasteiger partial charge in [0, 0.05) is 6.54 Å². The van der Waals surface area contributed by atoms with E-state index in [0.717, 1.165) is 0 Å². The largest absolute Gasteiger partial charge is 0.480 e. The number of carboxylic acids is 1. The van der Waals surface area contributed by atoms with Crippen molar-refractivity contribution in [2.45, 2.75) is 44.8 Å². The van der Waals surface area contributed by atoms with E-state index in [1.165, 1.54) is 16.9 Å². The smallest absolute Gasteiger partial charge is 0.321 e. The molecule has 1 atom stereocenters. The number of nitrogens with one attached hydrogen (secondary N) is 1. The molecule has 108 valence electrons. The molecule has 0 radical (unpaired) electrons. The minimum Gasteiger partial charge on any atom is -0.480 e. The van der Waals surface area contributed by atoms with Crippen LogP contribution in [0.4, 0.5) is 0 Å². The Morgan fingerprint density at radius 3 is 2.63 bits per heavy atom.